The van der Waals surface area contributed by atoms with E-state index >= 15 is 0 Å². The second-order valence-corrected chi connectivity index (χ2v) is 6.64. The zero-order valence-corrected chi connectivity index (χ0v) is 14.3. The van der Waals surface area contributed by atoms with Crippen molar-refractivity contribution in [3.05, 3.63) is 59.5 Å². The van der Waals surface area contributed by atoms with Crippen molar-refractivity contribution in [3.63, 3.8) is 0 Å². The fourth-order valence-corrected chi connectivity index (χ4v) is 3.23. The summed E-state index contributed by atoms with van der Waals surface area (Å²) >= 11 is 0. The molecule has 136 valence electrons. The first-order valence-electron chi connectivity index (χ1n) is 8.75. The van der Waals surface area contributed by atoms with Crippen LogP contribution in [-0.4, -0.2) is 22.9 Å². The third kappa shape index (κ3) is 2.81. The van der Waals surface area contributed by atoms with Gasteiger partial charge in [0.1, 0.15) is 11.5 Å². The van der Waals surface area contributed by atoms with E-state index in [2.05, 4.69) is 15.5 Å². The lowest BCUT2D eigenvalue weighted by atomic mass is 10.1. The molecule has 1 aromatic heterocycles. The molecule has 2 aromatic carbocycles. The molecule has 1 aliphatic heterocycles. The summed E-state index contributed by atoms with van der Waals surface area (Å²) in [4.78, 5) is 12.7. The normalized spacial score (nSPS) is 15.0. The summed E-state index contributed by atoms with van der Waals surface area (Å²) in [6.45, 7) is 0.184. The second kappa shape index (κ2) is 6.12. The Labute approximate surface area is 154 Å². The van der Waals surface area contributed by atoms with Crippen LogP contribution in [0.25, 0.3) is 11.3 Å². The van der Waals surface area contributed by atoms with Crippen LogP contribution in [-0.2, 0) is 0 Å². The first-order valence-corrected chi connectivity index (χ1v) is 8.75. The molecule has 0 spiro atoms. The fourth-order valence-electron chi connectivity index (χ4n) is 3.23. The van der Waals surface area contributed by atoms with Crippen molar-refractivity contribution in [1.29, 1.82) is 0 Å². The molecule has 1 amide bonds. The van der Waals surface area contributed by atoms with E-state index in [4.69, 9.17) is 9.47 Å². The van der Waals surface area contributed by atoms with Gasteiger partial charge in [-0.15, -0.1) is 0 Å². The molecular formula is C20H16FN3O3. The summed E-state index contributed by atoms with van der Waals surface area (Å²) in [6.07, 6.45) is 2.07. The van der Waals surface area contributed by atoms with E-state index in [1.54, 1.807) is 12.1 Å². The largest absolute Gasteiger partial charge is 0.454 e. The van der Waals surface area contributed by atoms with E-state index in [1.165, 1.54) is 12.1 Å². The second-order valence-electron chi connectivity index (χ2n) is 6.64. The number of nitrogens with one attached hydrogen (secondary N) is 2. The molecule has 2 N–H and O–H groups in total. The molecule has 2 heterocycles. The standard InChI is InChI=1S/C20H16FN3O3/c21-14-4-2-1-3-13(14)20(25)22-19-17(11-5-6-11)23-24-18(19)12-7-8-15-16(9-12)27-10-26-15/h1-4,7-9,11H,5-6,10H2,(H,22,25)(H,23,24). The highest BCUT2D eigenvalue weighted by atomic mass is 19.1. The number of amides is 1. The van der Waals surface area contributed by atoms with Gasteiger partial charge in [0, 0.05) is 11.5 Å². The Morgan fingerprint density at radius 1 is 1.15 bits per heavy atom. The first kappa shape index (κ1) is 15.9. The smallest absolute Gasteiger partial charge is 0.258 e. The summed E-state index contributed by atoms with van der Waals surface area (Å²) in [5, 5.41) is 10.3. The van der Waals surface area contributed by atoms with Gasteiger partial charge in [0.2, 0.25) is 6.79 Å². The molecule has 27 heavy (non-hydrogen) atoms. The zero-order chi connectivity index (χ0) is 18.4. The molecule has 0 unspecified atom stereocenters. The van der Waals surface area contributed by atoms with Gasteiger partial charge in [-0.2, -0.15) is 5.10 Å². The molecule has 7 heteroatoms. The number of ether oxygens (including phenoxy) is 2. The van der Waals surface area contributed by atoms with Gasteiger partial charge in [-0.05, 0) is 43.2 Å². The predicted molar refractivity (Wildman–Crippen MR) is 96.5 cm³/mol. The van der Waals surface area contributed by atoms with E-state index in [1.807, 2.05) is 18.2 Å². The molecule has 1 aliphatic carbocycles. The van der Waals surface area contributed by atoms with Crippen LogP contribution in [0.2, 0.25) is 0 Å². The quantitative estimate of drug-likeness (QED) is 0.731. The van der Waals surface area contributed by atoms with Gasteiger partial charge in [0.15, 0.2) is 11.5 Å². The maximum Gasteiger partial charge on any atom is 0.258 e. The Hall–Kier alpha value is -3.35. The molecule has 2 aliphatic rings. The summed E-state index contributed by atoms with van der Waals surface area (Å²) in [7, 11) is 0. The number of nitrogens with zero attached hydrogens (tertiary/aromatic N) is 1. The van der Waals surface area contributed by atoms with Gasteiger partial charge in [0.05, 0.1) is 16.9 Å². The average Bonchev–Trinajstić information content (AvgIpc) is 3.26. The third-order valence-corrected chi connectivity index (χ3v) is 4.78. The number of aromatic amines is 1. The van der Waals surface area contributed by atoms with Crippen molar-refractivity contribution in [2.24, 2.45) is 0 Å². The number of carbonyl (C=O) groups excluding carboxylic acids is 1. The van der Waals surface area contributed by atoms with Gasteiger partial charge < -0.3 is 14.8 Å². The Balaban J connectivity index is 1.54. The molecule has 0 bridgehead atoms. The molecule has 0 saturated heterocycles. The number of halogens is 1. The molecule has 0 atom stereocenters. The maximum absolute atomic E-state index is 14.0. The van der Waals surface area contributed by atoms with Crippen LogP contribution in [0.3, 0.4) is 0 Å². The molecule has 3 aromatic rings. The fraction of sp³-hybridized carbons (Fsp3) is 0.200. The predicted octanol–water partition coefficient (Wildman–Crippen LogP) is 4.07. The maximum atomic E-state index is 14.0. The van der Waals surface area contributed by atoms with Crippen LogP contribution in [0.15, 0.2) is 42.5 Å². The van der Waals surface area contributed by atoms with Gasteiger partial charge in [-0.25, -0.2) is 4.39 Å². The lowest BCUT2D eigenvalue weighted by Crippen LogP contribution is -2.15. The third-order valence-electron chi connectivity index (χ3n) is 4.78. The molecule has 0 radical (unpaired) electrons. The number of hydrogen-bond acceptors (Lipinski definition) is 4. The van der Waals surface area contributed by atoms with Gasteiger partial charge in [-0.3, -0.25) is 9.89 Å². The summed E-state index contributed by atoms with van der Waals surface area (Å²) in [6, 6.07) is 11.4. The van der Waals surface area contributed by atoms with E-state index in [-0.39, 0.29) is 12.4 Å². The molecule has 1 fully saturated rings. The minimum absolute atomic E-state index is 0.00270. The highest BCUT2D eigenvalue weighted by Crippen LogP contribution is 2.46. The number of hydrogen-bond donors (Lipinski definition) is 2. The van der Waals surface area contributed by atoms with Gasteiger partial charge in [0.25, 0.3) is 5.91 Å². The van der Waals surface area contributed by atoms with Crippen molar-refractivity contribution in [1.82, 2.24) is 10.2 Å². The molecular weight excluding hydrogens is 349 g/mol. The summed E-state index contributed by atoms with van der Waals surface area (Å²) < 4.78 is 24.8. The number of aromatic nitrogens is 2. The Morgan fingerprint density at radius 3 is 2.78 bits per heavy atom. The van der Waals surface area contributed by atoms with Crippen LogP contribution in [0.1, 0.15) is 34.8 Å². The van der Waals surface area contributed by atoms with Crippen LogP contribution in [0.4, 0.5) is 10.1 Å². The monoisotopic (exact) mass is 365 g/mol. The minimum Gasteiger partial charge on any atom is -0.454 e. The SMILES string of the molecule is O=C(Nc1c(-c2ccc3c(c2)OCO3)n[nH]c1C1CC1)c1ccccc1F. The summed E-state index contributed by atoms with van der Waals surface area (Å²) in [5.74, 6) is 0.578. The van der Waals surface area contributed by atoms with E-state index < -0.39 is 11.7 Å². The highest BCUT2D eigenvalue weighted by Gasteiger charge is 2.31. The number of fused-ring (bicyclic) bond motifs is 1. The number of rotatable bonds is 4. The van der Waals surface area contributed by atoms with Crippen molar-refractivity contribution in [3.8, 4) is 22.8 Å². The van der Waals surface area contributed by atoms with Crippen LogP contribution >= 0.6 is 0 Å². The van der Waals surface area contributed by atoms with Crippen LogP contribution < -0.4 is 14.8 Å². The average molecular weight is 365 g/mol. The van der Waals surface area contributed by atoms with E-state index in [0.29, 0.717) is 28.8 Å². The van der Waals surface area contributed by atoms with Crippen molar-refractivity contribution < 1.29 is 18.7 Å². The van der Waals surface area contributed by atoms with Crippen molar-refractivity contribution in [2.75, 3.05) is 12.1 Å². The van der Waals surface area contributed by atoms with Gasteiger partial charge in [-0.1, -0.05) is 12.1 Å². The Bertz CT molecular complexity index is 1040. The van der Waals surface area contributed by atoms with Crippen molar-refractivity contribution in [2.45, 2.75) is 18.8 Å². The topological polar surface area (TPSA) is 76.2 Å². The highest BCUT2D eigenvalue weighted by molar-refractivity contribution is 6.06. The lowest BCUT2D eigenvalue weighted by Gasteiger charge is -2.09. The summed E-state index contributed by atoms with van der Waals surface area (Å²) in [5.41, 5.74) is 2.83. The number of carbonyl (C=O) groups is 1. The Morgan fingerprint density at radius 2 is 1.96 bits per heavy atom. The zero-order valence-electron chi connectivity index (χ0n) is 14.3. The van der Waals surface area contributed by atoms with Crippen LogP contribution in [0.5, 0.6) is 11.5 Å². The van der Waals surface area contributed by atoms with Crippen LogP contribution in [0, 0.1) is 5.82 Å². The number of benzene rings is 2. The number of anilines is 1. The lowest BCUT2D eigenvalue weighted by molar-refractivity contribution is 0.102. The van der Waals surface area contributed by atoms with E-state index in [9.17, 15) is 9.18 Å². The molecule has 5 rings (SSSR count). The Kier molecular flexibility index (Phi) is 3.60. The molecule has 6 nitrogen and oxygen atoms in total. The minimum atomic E-state index is -0.559. The first-order chi connectivity index (χ1) is 13.2. The van der Waals surface area contributed by atoms with Gasteiger partial charge >= 0.3 is 0 Å². The van der Waals surface area contributed by atoms with E-state index in [0.717, 1.165) is 24.1 Å². The van der Waals surface area contributed by atoms with Crippen molar-refractivity contribution >= 4 is 11.6 Å². The molecule has 1 saturated carbocycles. The number of H-pyrrole nitrogens is 1.